The van der Waals surface area contributed by atoms with Crippen molar-refractivity contribution < 1.29 is 17.5 Å². The number of hydrogen-bond acceptors (Lipinski definition) is 8. The second kappa shape index (κ2) is 9.63. The third-order valence-corrected chi connectivity index (χ3v) is 8.12. The Labute approximate surface area is 204 Å². The number of fused-ring (bicyclic) bond motifs is 1. The van der Waals surface area contributed by atoms with Crippen molar-refractivity contribution in [1.82, 2.24) is 25.1 Å². The molecule has 184 valence electrons. The van der Waals surface area contributed by atoms with Crippen molar-refractivity contribution in [2.24, 2.45) is 0 Å². The summed E-state index contributed by atoms with van der Waals surface area (Å²) in [6.07, 6.45) is 1.57. The van der Waals surface area contributed by atoms with Crippen LogP contribution in [0.3, 0.4) is 0 Å². The molecule has 0 amide bonds. The van der Waals surface area contributed by atoms with Crippen LogP contribution in [-0.2, 0) is 9.84 Å². The van der Waals surface area contributed by atoms with Crippen molar-refractivity contribution in [3.8, 4) is 11.8 Å². The molecule has 0 spiro atoms. The van der Waals surface area contributed by atoms with Gasteiger partial charge in [0.25, 0.3) is 0 Å². The molecule has 2 saturated heterocycles. The zero-order valence-electron chi connectivity index (χ0n) is 19.1. The van der Waals surface area contributed by atoms with Crippen LogP contribution in [0, 0.1) is 6.92 Å². The number of alkyl halides is 1. The molecule has 1 aromatic carbocycles. The quantitative estimate of drug-likeness (QED) is 0.570. The second-order valence-electron chi connectivity index (χ2n) is 8.65. The standard InChI is InChI=1S/C22H27FN6O3S.ClH/c1-14-9-15-12-25-29(19(15)10-17(14)16-3-4-24-13-18(16)23)21-11-20(26-22(27-21)32-2)28-5-7-33(30,31)8-6-28;/h9-12,16,18,24H,3-8,13H2,1-2H3;1H. The van der Waals surface area contributed by atoms with Gasteiger partial charge in [-0.25, -0.2) is 17.5 Å². The van der Waals surface area contributed by atoms with Crippen LogP contribution in [0.2, 0.25) is 0 Å². The summed E-state index contributed by atoms with van der Waals surface area (Å²) in [4.78, 5) is 10.8. The van der Waals surface area contributed by atoms with Crippen LogP contribution in [0.5, 0.6) is 6.01 Å². The van der Waals surface area contributed by atoms with Gasteiger partial charge in [0.05, 0.1) is 30.3 Å². The van der Waals surface area contributed by atoms with Gasteiger partial charge in [-0.1, -0.05) is 0 Å². The summed E-state index contributed by atoms with van der Waals surface area (Å²) in [5.74, 6) is 1.11. The average molecular weight is 511 g/mol. The number of ether oxygens (including phenoxy) is 1. The minimum absolute atomic E-state index is 0. The predicted molar refractivity (Wildman–Crippen MR) is 131 cm³/mol. The lowest BCUT2D eigenvalue weighted by Gasteiger charge is -2.28. The molecule has 2 aromatic heterocycles. The summed E-state index contributed by atoms with van der Waals surface area (Å²) in [6.45, 7) is 3.88. The highest BCUT2D eigenvalue weighted by Crippen LogP contribution is 2.33. The van der Waals surface area contributed by atoms with Gasteiger partial charge in [-0.2, -0.15) is 15.1 Å². The van der Waals surface area contributed by atoms with Gasteiger partial charge in [0, 0.05) is 37.0 Å². The molecule has 0 bridgehead atoms. The van der Waals surface area contributed by atoms with Gasteiger partial charge in [0.1, 0.15) is 12.0 Å². The van der Waals surface area contributed by atoms with Gasteiger partial charge in [0.2, 0.25) is 0 Å². The summed E-state index contributed by atoms with van der Waals surface area (Å²) in [6, 6.07) is 6.02. The van der Waals surface area contributed by atoms with E-state index in [1.54, 1.807) is 16.9 Å². The number of piperidine rings is 1. The maximum atomic E-state index is 14.7. The van der Waals surface area contributed by atoms with E-state index in [0.29, 0.717) is 31.3 Å². The van der Waals surface area contributed by atoms with Gasteiger partial charge in [0.15, 0.2) is 15.7 Å². The van der Waals surface area contributed by atoms with Crippen molar-refractivity contribution >= 4 is 39.0 Å². The Kier molecular flexibility index (Phi) is 6.97. The highest BCUT2D eigenvalue weighted by Gasteiger charge is 2.28. The van der Waals surface area contributed by atoms with Gasteiger partial charge in [-0.05, 0) is 43.1 Å². The zero-order chi connectivity index (χ0) is 23.2. The number of benzene rings is 1. The van der Waals surface area contributed by atoms with Crippen LogP contribution in [0.25, 0.3) is 16.7 Å². The number of rotatable bonds is 4. The predicted octanol–water partition coefficient (Wildman–Crippen LogP) is 2.20. The number of aryl methyl sites for hydroxylation is 1. The first-order valence-corrected chi connectivity index (χ1v) is 12.9. The number of hydrogen-bond donors (Lipinski definition) is 1. The van der Waals surface area contributed by atoms with Crippen LogP contribution in [0.4, 0.5) is 10.2 Å². The first kappa shape index (κ1) is 24.6. The number of sulfone groups is 1. The topological polar surface area (TPSA) is 102 Å². The van der Waals surface area contributed by atoms with Crippen molar-refractivity contribution in [3.63, 3.8) is 0 Å². The summed E-state index contributed by atoms with van der Waals surface area (Å²) < 4.78 is 45.4. The van der Waals surface area contributed by atoms with Crippen molar-refractivity contribution in [3.05, 3.63) is 35.5 Å². The minimum atomic E-state index is -3.01. The number of methoxy groups -OCH3 is 1. The fourth-order valence-corrected chi connectivity index (χ4v) is 5.86. The molecule has 2 atom stereocenters. The molecule has 4 heterocycles. The molecule has 2 aliphatic heterocycles. The molecule has 12 heteroatoms. The SMILES string of the molecule is COc1nc(N2CCS(=O)(=O)CC2)cc(-n2ncc3cc(C)c(C4CCNCC4F)cc32)n1.Cl. The zero-order valence-corrected chi connectivity index (χ0v) is 20.7. The molecule has 2 aliphatic rings. The second-order valence-corrected chi connectivity index (χ2v) is 11.0. The average Bonchev–Trinajstić information content (AvgIpc) is 3.21. The van der Waals surface area contributed by atoms with E-state index in [0.717, 1.165) is 35.0 Å². The van der Waals surface area contributed by atoms with Crippen molar-refractivity contribution in [1.29, 1.82) is 0 Å². The smallest absolute Gasteiger partial charge is 0.320 e. The van der Waals surface area contributed by atoms with Crippen molar-refractivity contribution in [2.45, 2.75) is 25.4 Å². The molecule has 9 nitrogen and oxygen atoms in total. The largest absolute Gasteiger partial charge is 0.467 e. The maximum absolute atomic E-state index is 14.7. The lowest BCUT2D eigenvalue weighted by Crippen LogP contribution is -2.40. The van der Waals surface area contributed by atoms with Crippen molar-refractivity contribution in [2.75, 3.05) is 49.7 Å². The van der Waals surface area contributed by atoms with E-state index in [1.165, 1.54) is 7.11 Å². The van der Waals surface area contributed by atoms with E-state index in [-0.39, 0.29) is 35.8 Å². The first-order valence-electron chi connectivity index (χ1n) is 11.1. The third-order valence-electron chi connectivity index (χ3n) is 6.51. The fourth-order valence-electron chi connectivity index (χ4n) is 4.66. The van der Waals surface area contributed by atoms with Gasteiger partial charge >= 0.3 is 6.01 Å². The summed E-state index contributed by atoms with van der Waals surface area (Å²) in [7, 11) is -1.52. The molecule has 0 radical (unpaired) electrons. The van der Waals surface area contributed by atoms with Crippen LogP contribution < -0.4 is 15.0 Å². The molecule has 2 unspecified atom stereocenters. The molecule has 34 heavy (non-hydrogen) atoms. The minimum Gasteiger partial charge on any atom is -0.467 e. The molecule has 3 aromatic rings. The molecular formula is C22H28ClFN6O3S. The lowest BCUT2D eigenvalue weighted by molar-refractivity contribution is 0.231. The molecule has 1 N–H and O–H groups in total. The van der Waals surface area contributed by atoms with Crippen LogP contribution >= 0.6 is 12.4 Å². The summed E-state index contributed by atoms with van der Waals surface area (Å²) in [5.41, 5.74) is 2.86. The van der Waals surface area contributed by atoms with E-state index in [9.17, 15) is 12.8 Å². The van der Waals surface area contributed by atoms with E-state index in [2.05, 4.69) is 20.4 Å². The number of nitrogens with zero attached hydrogens (tertiary/aromatic N) is 5. The van der Waals surface area contributed by atoms with E-state index < -0.39 is 16.0 Å². The summed E-state index contributed by atoms with van der Waals surface area (Å²) in [5, 5.41) is 8.59. The van der Waals surface area contributed by atoms with Crippen LogP contribution in [0.15, 0.2) is 24.4 Å². The number of aromatic nitrogens is 4. The van der Waals surface area contributed by atoms with E-state index in [1.807, 2.05) is 24.0 Å². The Bertz CT molecular complexity index is 1290. The van der Waals surface area contributed by atoms with Gasteiger partial charge in [-0.3, -0.25) is 0 Å². The number of nitrogens with one attached hydrogen (secondary N) is 1. The van der Waals surface area contributed by atoms with Gasteiger partial charge in [-0.15, -0.1) is 12.4 Å². The van der Waals surface area contributed by atoms with Gasteiger partial charge < -0.3 is 15.0 Å². The molecule has 5 rings (SSSR count). The van der Waals surface area contributed by atoms with E-state index in [4.69, 9.17) is 4.74 Å². The molecule has 0 aliphatic carbocycles. The Hall–Kier alpha value is -2.50. The monoisotopic (exact) mass is 510 g/mol. The first-order chi connectivity index (χ1) is 15.8. The number of anilines is 1. The Morgan fingerprint density at radius 2 is 1.88 bits per heavy atom. The van der Waals surface area contributed by atoms with E-state index >= 15 is 0 Å². The summed E-state index contributed by atoms with van der Waals surface area (Å²) >= 11 is 0. The normalized spacial score (nSPS) is 22.4. The fraction of sp³-hybridized carbons (Fsp3) is 0.500. The molecular weight excluding hydrogens is 483 g/mol. The van der Waals surface area contributed by atoms with Crippen LogP contribution in [0.1, 0.15) is 23.5 Å². The molecule has 2 fully saturated rings. The number of halogens is 2. The Morgan fingerprint density at radius 3 is 2.59 bits per heavy atom. The maximum Gasteiger partial charge on any atom is 0.320 e. The lowest BCUT2D eigenvalue weighted by atomic mass is 9.85. The third kappa shape index (κ3) is 4.69. The molecule has 0 saturated carbocycles. The van der Waals surface area contributed by atoms with Crippen LogP contribution in [-0.4, -0.2) is 79.1 Å². The Morgan fingerprint density at radius 1 is 1.15 bits per heavy atom. The Balaban J connectivity index is 0.00000274. The highest BCUT2D eigenvalue weighted by molar-refractivity contribution is 7.91. The highest BCUT2D eigenvalue weighted by atomic mass is 35.5.